The van der Waals surface area contributed by atoms with Gasteiger partial charge in [-0.25, -0.2) is 18.7 Å². The first-order valence-corrected chi connectivity index (χ1v) is 23.4. The lowest BCUT2D eigenvalue weighted by Gasteiger charge is -2.39. The first-order valence-electron chi connectivity index (χ1n) is 22.1. The van der Waals surface area contributed by atoms with Crippen LogP contribution in [-0.4, -0.2) is 108 Å². The van der Waals surface area contributed by atoms with Crippen LogP contribution in [0.25, 0.3) is 10.4 Å². The fourth-order valence-corrected chi connectivity index (χ4v) is 8.78. The maximum atomic E-state index is 15.4. The van der Waals surface area contributed by atoms with Crippen LogP contribution >= 0.6 is 23.6 Å². The quantitative estimate of drug-likeness (QED) is 0.0385. The normalized spacial score (nSPS) is 14.4. The average molecular weight is 1020 g/mol. The summed E-state index contributed by atoms with van der Waals surface area (Å²) in [5.41, 5.74) is -0.984. The maximum absolute atomic E-state index is 15.4. The molecule has 70 heavy (non-hydrogen) atoms. The average Bonchev–Trinajstić information content (AvgIpc) is 3.98. The van der Waals surface area contributed by atoms with Crippen LogP contribution in [0, 0.1) is 35.3 Å². The predicted octanol–water partition coefficient (Wildman–Crippen LogP) is 7.53. The zero-order chi connectivity index (χ0) is 51.6. The standard InChI is InChI=1S/C48H55F5N8O7S2/c1-29-40(70-28-57-29)31-13-11-30(12-14-31)24-55-42(64)36-10-8-17-60(36)44(65)41(46(2,3)4)58-37(63)26-67-21-20-66-18-9-19-68-43-34(49)22-33(25-56-43)61(47(5,6)27-62)45(69)59(7)35-16-15-32(23-54)38(39(35)50)48(51,52)53/h11-16,22,25,27-28,36,41H,8-10,17-21,24,26H2,1-7H3,(H,55,64)(H,58,63). The molecule has 1 aliphatic rings. The number of nitrogens with one attached hydrogen (secondary N) is 2. The third-order valence-corrected chi connectivity index (χ3v) is 12.7. The van der Waals surface area contributed by atoms with Gasteiger partial charge in [0.25, 0.3) is 5.88 Å². The molecule has 3 heterocycles. The molecule has 4 aromatic rings. The second-order valence-corrected chi connectivity index (χ2v) is 19.2. The van der Waals surface area contributed by atoms with E-state index in [1.54, 1.807) is 16.8 Å². The van der Waals surface area contributed by atoms with Crippen molar-refractivity contribution in [1.29, 1.82) is 5.26 Å². The molecule has 15 nitrogen and oxygen atoms in total. The number of halogens is 5. The van der Waals surface area contributed by atoms with Gasteiger partial charge in [0.15, 0.2) is 16.7 Å². The molecule has 376 valence electrons. The lowest BCUT2D eigenvalue weighted by Crippen LogP contribution is -2.58. The van der Waals surface area contributed by atoms with E-state index in [1.165, 1.54) is 24.8 Å². The molecule has 0 saturated carbocycles. The van der Waals surface area contributed by atoms with Gasteiger partial charge in [-0.1, -0.05) is 45.0 Å². The first kappa shape index (κ1) is 54.8. The van der Waals surface area contributed by atoms with E-state index in [4.69, 9.17) is 31.7 Å². The number of hydrogen-bond donors (Lipinski definition) is 2. The highest BCUT2D eigenvalue weighted by Crippen LogP contribution is 2.39. The van der Waals surface area contributed by atoms with Gasteiger partial charge < -0.3 is 44.3 Å². The molecule has 5 rings (SSSR count). The van der Waals surface area contributed by atoms with E-state index < -0.39 is 69.4 Å². The van der Waals surface area contributed by atoms with Crippen LogP contribution in [0.4, 0.5) is 33.3 Å². The number of anilines is 2. The fourth-order valence-electron chi connectivity index (χ4n) is 7.53. The number of alkyl halides is 3. The van der Waals surface area contributed by atoms with Crippen molar-refractivity contribution in [3.8, 4) is 22.4 Å². The third-order valence-electron chi connectivity index (χ3n) is 11.2. The number of carbonyl (C=O) groups is 4. The summed E-state index contributed by atoms with van der Waals surface area (Å²) >= 11 is 7.05. The van der Waals surface area contributed by atoms with Crippen LogP contribution in [-0.2, 0) is 41.4 Å². The number of nitriles is 1. The van der Waals surface area contributed by atoms with Crippen LogP contribution in [0.2, 0.25) is 0 Å². The number of hydrogen-bond acceptors (Lipinski definition) is 12. The van der Waals surface area contributed by atoms with Gasteiger partial charge in [0, 0.05) is 39.2 Å². The minimum Gasteiger partial charge on any atom is -0.476 e. The Morgan fingerprint density at radius 1 is 1.03 bits per heavy atom. The minimum atomic E-state index is -5.21. The van der Waals surface area contributed by atoms with Crippen molar-refractivity contribution in [2.75, 3.05) is 56.4 Å². The number of amides is 3. The van der Waals surface area contributed by atoms with Crippen molar-refractivity contribution in [1.82, 2.24) is 25.5 Å². The van der Waals surface area contributed by atoms with Gasteiger partial charge in [-0.05, 0) is 74.5 Å². The van der Waals surface area contributed by atoms with Gasteiger partial charge in [-0.3, -0.25) is 14.4 Å². The molecular weight excluding hydrogens is 960 g/mol. The molecular formula is C48H55F5N8O7S2. The summed E-state index contributed by atoms with van der Waals surface area (Å²) in [6.07, 6.45) is -2.21. The predicted molar refractivity (Wildman–Crippen MR) is 256 cm³/mol. The van der Waals surface area contributed by atoms with Crippen LogP contribution in [0.3, 0.4) is 0 Å². The summed E-state index contributed by atoms with van der Waals surface area (Å²) in [6, 6.07) is 10.3. The lowest BCUT2D eigenvalue weighted by atomic mass is 9.85. The van der Waals surface area contributed by atoms with Crippen molar-refractivity contribution in [2.45, 2.75) is 91.1 Å². The number of rotatable bonds is 20. The topological polar surface area (TPSA) is 179 Å². The molecule has 2 aromatic carbocycles. The molecule has 3 amide bonds. The van der Waals surface area contributed by atoms with Gasteiger partial charge in [0.05, 0.1) is 70.6 Å². The maximum Gasteiger partial charge on any atom is 0.420 e. The van der Waals surface area contributed by atoms with Crippen molar-refractivity contribution in [3.63, 3.8) is 0 Å². The van der Waals surface area contributed by atoms with Gasteiger partial charge in [-0.15, -0.1) is 11.3 Å². The third kappa shape index (κ3) is 13.6. The van der Waals surface area contributed by atoms with Gasteiger partial charge in [0.2, 0.25) is 17.7 Å². The molecule has 2 unspecified atom stereocenters. The molecule has 1 fully saturated rings. The number of aromatic nitrogens is 2. The molecule has 22 heteroatoms. The lowest BCUT2D eigenvalue weighted by molar-refractivity contribution is -0.144. The monoisotopic (exact) mass is 1010 g/mol. The molecule has 0 aliphatic carbocycles. The Bertz CT molecular complexity index is 2570. The Kier molecular flexibility index (Phi) is 18.5. The second kappa shape index (κ2) is 23.6. The van der Waals surface area contributed by atoms with E-state index in [0.29, 0.717) is 32.2 Å². The Hall–Kier alpha value is -6.15. The summed E-state index contributed by atoms with van der Waals surface area (Å²) in [5.74, 6) is -4.29. The number of thiocarbonyl (C=S) groups is 1. The first-order chi connectivity index (χ1) is 33.0. The highest BCUT2D eigenvalue weighted by Gasteiger charge is 2.43. The van der Waals surface area contributed by atoms with E-state index in [-0.39, 0.29) is 62.1 Å². The smallest absolute Gasteiger partial charge is 0.420 e. The number of pyridine rings is 1. The number of ether oxygens (including phenoxy) is 3. The molecule has 0 spiro atoms. The van der Waals surface area contributed by atoms with Crippen molar-refractivity contribution >= 4 is 64.0 Å². The summed E-state index contributed by atoms with van der Waals surface area (Å²) in [5, 5.41) is 14.5. The molecule has 0 bridgehead atoms. The summed E-state index contributed by atoms with van der Waals surface area (Å²) in [7, 11) is 1.16. The van der Waals surface area contributed by atoms with E-state index in [0.717, 1.165) is 62.9 Å². The molecule has 1 saturated heterocycles. The number of benzene rings is 2. The Balaban J connectivity index is 1.05. The van der Waals surface area contributed by atoms with Crippen molar-refractivity contribution in [3.05, 3.63) is 88.2 Å². The largest absolute Gasteiger partial charge is 0.476 e. The van der Waals surface area contributed by atoms with Crippen LogP contribution in [0.1, 0.15) is 76.3 Å². The number of aldehydes is 1. The molecule has 2 N–H and O–H groups in total. The van der Waals surface area contributed by atoms with Crippen LogP contribution < -0.4 is 25.2 Å². The Morgan fingerprint density at radius 3 is 2.34 bits per heavy atom. The Labute approximate surface area is 412 Å². The zero-order valence-electron chi connectivity index (χ0n) is 39.7. The van der Waals surface area contributed by atoms with E-state index in [9.17, 15) is 32.3 Å². The van der Waals surface area contributed by atoms with E-state index in [2.05, 4.69) is 20.6 Å². The fraction of sp³-hybridized carbons (Fsp3) is 0.458. The van der Waals surface area contributed by atoms with Crippen LogP contribution in [0.5, 0.6) is 5.88 Å². The zero-order valence-corrected chi connectivity index (χ0v) is 41.4. The summed E-state index contributed by atoms with van der Waals surface area (Å²) in [4.78, 5) is 65.3. The van der Waals surface area contributed by atoms with Crippen molar-refractivity contribution in [2.24, 2.45) is 5.41 Å². The Morgan fingerprint density at radius 2 is 1.73 bits per heavy atom. The second-order valence-electron chi connectivity index (χ2n) is 18.0. The van der Waals surface area contributed by atoms with Gasteiger partial charge in [-0.2, -0.15) is 18.4 Å². The SMILES string of the molecule is Cc1ncsc1-c1ccc(CNC(=O)C2CCCN2C(=O)C(NC(=O)COCCOCCCOc2ncc(N(C(=S)N(C)c3ccc(C#N)c(C(F)(F)F)c3F)C(C)(C)C=O)cc2F)C(C)(C)C)cc1. The molecule has 2 atom stereocenters. The molecule has 1 aliphatic heterocycles. The summed E-state index contributed by atoms with van der Waals surface area (Å²) < 4.78 is 88.3. The number of aryl methyl sites for hydroxylation is 1. The van der Waals surface area contributed by atoms with Gasteiger partial charge >= 0.3 is 6.18 Å². The highest BCUT2D eigenvalue weighted by molar-refractivity contribution is 7.80. The van der Waals surface area contributed by atoms with Crippen molar-refractivity contribution < 1.29 is 55.3 Å². The number of carbonyl (C=O) groups excluding carboxylic acids is 4. The van der Waals surface area contributed by atoms with Crippen LogP contribution in [0.15, 0.2) is 54.2 Å². The minimum absolute atomic E-state index is 0.0357. The van der Waals surface area contributed by atoms with Gasteiger partial charge in [0.1, 0.15) is 30.5 Å². The number of nitrogens with zero attached hydrogens (tertiary/aromatic N) is 6. The molecule has 2 aromatic heterocycles. The van der Waals surface area contributed by atoms with E-state index >= 15 is 8.78 Å². The number of thiazole rings is 1. The summed E-state index contributed by atoms with van der Waals surface area (Å²) in [6.45, 7) is 10.8. The van der Waals surface area contributed by atoms with E-state index in [1.807, 2.05) is 52.0 Å². The number of likely N-dealkylation sites (tertiary alicyclic amines) is 1. The highest BCUT2D eigenvalue weighted by atomic mass is 32.1. The molecule has 0 radical (unpaired) electrons.